The van der Waals surface area contributed by atoms with E-state index in [1.165, 1.54) is 25.7 Å². The summed E-state index contributed by atoms with van der Waals surface area (Å²) in [4.78, 5) is 25.2. The van der Waals surface area contributed by atoms with Crippen LogP contribution in [0, 0.1) is 0 Å². The van der Waals surface area contributed by atoms with Crippen LogP contribution in [0.4, 0.5) is 0 Å². The second-order valence-corrected chi connectivity index (χ2v) is 13.4. The maximum atomic E-state index is 12.7. The number of unbranched alkanes of at least 4 members (excludes halogenated alkanes) is 14. The molecule has 0 aromatic heterocycles. The molecule has 0 spiro atoms. The Hall–Kier alpha value is -2.08. The van der Waals surface area contributed by atoms with Crippen LogP contribution in [0.3, 0.4) is 0 Å². The normalized spacial score (nSPS) is 21.8. The van der Waals surface area contributed by atoms with Gasteiger partial charge in [-0.1, -0.05) is 108 Å². The number of carbonyl (C=O) groups is 2. The van der Waals surface area contributed by atoms with E-state index in [0.717, 1.165) is 83.5 Å². The van der Waals surface area contributed by atoms with Gasteiger partial charge in [0, 0.05) is 12.8 Å². The molecule has 4 N–H and O–H groups in total. The summed E-state index contributed by atoms with van der Waals surface area (Å²) in [6, 6.07) is 0. The smallest absolute Gasteiger partial charge is 0.306 e. The molecule has 0 bridgehead atoms. The third kappa shape index (κ3) is 23.4. The zero-order valence-corrected chi connectivity index (χ0v) is 31.1. The lowest BCUT2D eigenvalue weighted by molar-refractivity contribution is -0.305. The van der Waals surface area contributed by atoms with Gasteiger partial charge in [-0.2, -0.15) is 0 Å². The molecule has 1 heterocycles. The van der Waals surface area contributed by atoms with Crippen molar-refractivity contribution in [2.75, 3.05) is 19.8 Å². The van der Waals surface area contributed by atoms with Gasteiger partial charge in [0.15, 0.2) is 12.4 Å². The number of hydrogen-bond acceptors (Lipinski definition) is 10. The Morgan fingerprint density at radius 3 is 1.76 bits per heavy atom. The second-order valence-electron chi connectivity index (χ2n) is 13.4. The molecule has 1 saturated heterocycles. The molecular weight excluding hydrogens is 640 g/mol. The van der Waals surface area contributed by atoms with Crippen LogP contribution in [0.15, 0.2) is 36.5 Å². The molecule has 0 aliphatic carbocycles. The van der Waals surface area contributed by atoms with Crippen LogP contribution in [0.2, 0.25) is 0 Å². The molecule has 10 nitrogen and oxygen atoms in total. The number of ether oxygens (including phenoxy) is 4. The van der Waals surface area contributed by atoms with Gasteiger partial charge in [0.1, 0.15) is 31.0 Å². The molecule has 10 heteroatoms. The summed E-state index contributed by atoms with van der Waals surface area (Å²) in [5, 5.41) is 39.9. The summed E-state index contributed by atoms with van der Waals surface area (Å²) in [5.41, 5.74) is 0. The van der Waals surface area contributed by atoms with Crippen molar-refractivity contribution < 1.29 is 49.0 Å². The van der Waals surface area contributed by atoms with E-state index in [0.29, 0.717) is 12.8 Å². The fourth-order valence-corrected chi connectivity index (χ4v) is 5.57. The van der Waals surface area contributed by atoms with E-state index < -0.39 is 55.4 Å². The van der Waals surface area contributed by atoms with Crippen molar-refractivity contribution in [1.82, 2.24) is 0 Å². The highest BCUT2D eigenvalue weighted by Gasteiger charge is 2.44. The van der Waals surface area contributed by atoms with E-state index in [1.54, 1.807) is 0 Å². The van der Waals surface area contributed by atoms with Crippen LogP contribution in [0.1, 0.15) is 149 Å². The van der Waals surface area contributed by atoms with E-state index in [1.807, 2.05) is 0 Å². The van der Waals surface area contributed by atoms with Gasteiger partial charge in [-0.25, -0.2) is 0 Å². The molecule has 1 rings (SSSR count). The molecule has 0 saturated carbocycles. The van der Waals surface area contributed by atoms with Crippen LogP contribution in [-0.2, 0) is 28.5 Å². The van der Waals surface area contributed by atoms with E-state index >= 15 is 0 Å². The van der Waals surface area contributed by atoms with Gasteiger partial charge in [0.2, 0.25) is 0 Å². The Labute approximate surface area is 302 Å². The molecule has 1 fully saturated rings. The van der Waals surface area contributed by atoms with E-state index in [-0.39, 0.29) is 26.1 Å². The molecule has 1 aliphatic heterocycles. The molecule has 1 aliphatic rings. The van der Waals surface area contributed by atoms with Crippen LogP contribution in [-0.4, -0.2) is 89.0 Å². The van der Waals surface area contributed by atoms with Gasteiger partial charge in [-0.3, -0.25) is 9.59 Å². The van der Waals surface area contributed by atoms with Crippen LogP contribution < -0.4 is 0 Å². The minimum absolute atomic E-state index is 0.211. The van der Waals surface area contributed by atoms with E-state index in [4.69, 9.17) is 18.9 Å². The predicted molar refractivity (Wildman–Crippen MR) is 196 cm³/mol. The van der Waals surface area contributed by atoms with Crippen molar-refractivity contribution >= 4 is 11.9 Å². The van der Waals surface area contributed by atoms with E-state index in [2.05, 4.69) is 50.3 Å². The van der Waals surface area contributed by atoms with Crippen molar-refractivity contribution in [2.24, 2.45) is 0 Å². The summed E-state index contributed by atoms with van der Waals surface area (Å²) in [7, 11) is 0. The maximum absolute atomic E-state index is 12.7. The SMILES string of the molecule is CCC/C=C\C/C=C\CCCCCCCC(=O)OC(COC(=O)CCCCCCC/C=C\CCCCC)COC1OC(CO)C(O)C(O)C1O. The zero-order valence-electron chi connectivity index (χ0n) is 31.1. The monoisotopic (exact) mass is 710 g/mol. The predicted octanol–water partition coefficient (Wildman–Crippen LogP) is 7.16. The zero-order chi connectivity index (χ0) is 36.7. The highest BCUT2D eigenvalue weighted by atomic mass is 16.7. The van der Waals surface area contributed by atoms with Crippen molar-refractivity contribution in [3.05, 3.63) is 36.5 Å². The van der Waals surface area contributed by atoms with Crippen molar-refractivity contribution in [1.29, 1.82) is 0 Å². The Kier molecular flexibility index (Phi) is 29.1. The molecule has 0 radical (unpaired) electrons. The van der Waals surface area contributed by atoms with Crippen molar-refractivity contribution in [2.45, 2.75) is 185 Å². The van der Waals surface area contributed by atoms with Crippen molar-refractivity contribution in [3.63, 3.8) is 0 Å². The Morgan fingerprint density at radius 1 is 0.620 bits per heavy atom. The molecule has 50 heavy (non-hydrogen) atoms. The lowest BCUT2D eigenvalue weighted by Gasteiger charge is -2.39. The van der Waals surface area contributed by atoms with Gasteiger partial charge in [-0.15, -0.1) is 0 Å². The summed E-state index contributed by atoms with van der Waals surface area (Å²) >= 11 is 0. The van der Waals surface area contributed by atoms with Gasteiger partial charge < -0.3 is 39.4 Å². The lowest BCUT2D eigenvalue weighted by atomic mass is 9.99. The first kappa shape index (κ1) is 45.9. The number of allylic oxidation sites excluding steroid dienone is 6. The number of aliphatic hydroxyl groups is 4. The quantitative estimate of drug-likeness (QED) is 0.0331. The summed E-state index contributed by atoms with van der Waals surface area (Å²) < 4.78 is 22.0. The minimum Gasteiger partial charge on any atom is -0.462 e. The first-order valence-corrected chi connectivity index (χ1v) is 19.6. The average Bonchev–Trinajstić information content (AvgIpc) is 3.11. The second kappa shape index (κ2) is 31.6. The first-order valence-electron chi connectivity index (χ1n) is 19.6. The minimum atomic E-state index is -1.60. The Morgan fingerprint density at radius 2 is 1.16 bits per heavy atom. The van der Waals surface area contributed by atoms with Gasteiger partial charge in [0.05, 0.1) is 13.2 Å². The number of esters is 2. The van der Waals surface area contributed by atoms with Crippen LogP contribution >= 0.6 is 0 Å². The van der Waals surface area contributed by atoms with E-state index in [9.17, 15) is 30.0 Å². The van der Waals surface area contributed by atoms with Crippen LogP contribution in [0.25, 0.3) is 0 Å². The first-order chi connectivity index (χ1) is 24.3. The van der Waals surface area contributed by atoms with Crippen molar-refractivity contribution in [3.8, 4) is 0 Å². The molecule has 6 atom stereocenters. The largest absolute Gasteiger partial charge is 0.462 e. The topological polar surface area (TPSA) is 152 Å². The maximum Gasteiger partial charge on any atom is 0.306 e. The molecule has 0 aromatic carbocycles. The lowest BCUT2D eigenvalue weighted by Crippen LogP contribution is -2.59. The Balaban J connectivity index is 2.42. The highest BCUT2D eigenvalue weighted by Crippen LogP contribution is 2.22. The standard InChI is InChI=1S/C40H70O10/c1-3-5-7-9-11-13-15-17-19-21-23-25-27-29-36(43)49-33(32-48-40-39(46)38(45)37(44)34(30-41)50-40)31-47-35(42)28-26-24-22-20-18-16-14-12-10-8-6-4-2/h7,9,12-15,33-34,37-41,44-46H,3-6,8,10-11,16-32H2,1-2H3/b9-7-,14-12-,15-13-. The number of hydrogen-bond donors (Lipinski definition) is 4. The highest BCUT2D eigenvalue weighted by molar-refractivity contribution is 5.70. The van der Waals surface area contributed by atoms with Gasteiger partial charge in [0.25, 0.3) is 0 Å². The molecular formula is C40H70O10. The summed E-state index contributed by atoms with van der Waals surface area (Å²) in [5.74, 6) is -0.838. The molecule has 290 valence electrons. The number of aliphatic hydroxyl groups excluding tert-OH is 4. The van der Waals surface area contributed by atoms with Gasteiger partial charge >= 0.3 is 11.9 Å². The fourth-order valence-electron chi connectivity index (χ4n) is 5.57. The molecule has 6 unspecified atom stereocenters. The number of rotatable bonds is 31. The Bertz CT molecular complexity index is 918. The summed E-state index contributed by atoms with van der Waals surface area (Å²) in [6.45, 7) is 3.28. The third-order valence-corrected chi connectivity index (χ3v) is 8.73. The fraction of sp³-hybridized carbons (Fsp3) is 0.800. The molecule has 0 amide bonds. The summed E-state index contributed by atoms with van der Waals surface area (Å²) in [6.07, 6.45) is 25.8. The van der Waals surface area contributed by atoms with Crippen LogP contribution in [0.5, 0.6) is 0 Å². The average molecular weight is 711 g/mol. The molecule has 0 aromatic rings. The van der Waals surface area contributed by atoms with Gasteiger partial charge in [-0.05, 0) is 64.2 Å². The third-order valence-electron chi connectivity index (χ3n) is 8.73. The number of carbonyl (C=O) groups excluding carboxylic acids is 2.